The Labute approximate surface area is 84.2 Å². The molecular weight excluding hydrogens is 178 g/mol. The first-order chi connectivity index (χ1) is 6.54. The van der Waals surface area contributed by atoms with Crippen molar-refractivity contribution < 1.29 is 10.2 Å². The van der Waals surface area contributed by atoms with Crippen LogP contribution in [0.15, 0.2) is 24.3 Å². The van der Waals surface area contributed by atoms with Gasteiger partial charge in [0.1, 0.15) is 5.75 Å². The molecule has 0 bridgehead atoms. The maximum atomic E-state index is 9.86. The van der Waals surface area contributed by atoms with Crippen LogP contribution in [0.5, 0.6) is 5.75 Å². The van der Waals surface area contributed by atoms with Crippen LogP contribution in [0.2, 0.25) is 0 Å². The molecule has 0 fully saturated rings. The van der Waals surface area contributed by atoms with Crippen LogP contribution in [0.1, 0.15) is 25.5 Å². The lowest BCUT2D eigenvalue weighted by molar-refractivity contribution is 0.123. The van der Waals surface area contributed by atoms with Gasteiger partial charge in [-0.2, -0.15) is 0 Å². The number of aliphatic hydroxyl groups excluding tert-OH is 1. The Kier molecular flexibility index (Phi) is 3.49. The van der Waals surface area contributed by atoms with Crippen LogP contribution in [0.3, 0.4) is 0 Å². The van der Waals surface area contributed by atoms with E-state index in [1.165, 1.54) is 0 Å². The van der Waals surface area contributed by atoms with Gasteiger partial charge in [-0.05, 0) is 12.0 Å². The van der Waals surface area contributed by atoms with Crippen LogP contribution in [-0.4, -0.2) is 16.3 Å². The van der Waals surface area contributed by atoms with Gasteiger partial charge in [0, 0.05) is 11.6 Å². The molecule has 0 amide bonds. The molecule has 4 N–H and O–H groups in total. The van der Waals surface area contributed by atoms with Gasteiger partial charge in [-0.3, -0.25) is 0 Å². The van der Waals surface area contributed by atoms with E-state index in [2.05, 4.69) is 0 Å². The first-order valence-corrected chi connectivity index (χ1v) is 4.75. The van der Waals surface area contributed by atoms with E-state index < -0.39 is 6.10 Å². The summed E-state index contributed by atoms with van der Waals surface area (Å²) < 4.78 is 0. The van der Waals surface area contributed by atoms with Gasteiger partial charge in [-0.15, -0.1) is 0 Å². The Morgan fingerprint density at radius 3 is 2.29 bits per heavy atom. The minimum atomic E-state index is -0.809. The molecule has 2 atom stereocenters. The number of para-hydroxylation sites is 1. The number of hydrogen-bond acceptors (Lipinski definition) is 3. The molecule has 0 saturated heterocycles. The van der Waals surface area contributed by atoms with Crippen molar-refractivity contribution in [2.24, 2.45) is 11.7 Å². The van der Waals surface area contributed by atoms with Crippen LogP contribution < -0.4 is 5.73 Å². The molecule has 0 spiro atoms. The first-order valence-electron chi connectivity index (χ1n) is 4.75. The average Bonchev–Trinajstić information content (AvgIpc) is 2.16. The lowest BCUT2D eigenvalue weighted by Gasteiger charge is -2.22. The first kappa shape index (κ1) is 11.0. The second-order valence-corrected chi connectivity index (χ2v) is 3.83. The third-order valence-corrected chi connectivity index (χ3v) is 2.39. The highest BCUT2D eigenvalue weighted by atomic mass is 16.3. The summed E-state index contributed by atoms with van der Waals surface area (Å²) in [4.78, 5) is 0. The van der Waals surface area contributed by atoms with Gasteiger partial charge in [-0.25, -0.2) is 0 Å². The molecule has 0 aliphatic heterocycles. The molecule has 0 aliphatic rings. The fraction of sp³-hybridized carbons (Fsp3) is 0.455. The monoisotopic (exact) mass is 195 g/mol. The molecule has 14 heavy (non-hydrogen) atoms. The highest BCUT2D eigenvalue weighted by Crippen LogP contribution is 2.27. The van der Waals surface area contributed by atoms with Gasteiger partial charge in [0.25, 0.3) is 0 Å². The summed E-state index contributed by atoms with van der Waals surface area (Å²) in [6, 6.07) is 6.36. The third-order valence-electron chi connectivity index (χ3n) is 2.39. The number of phenols is 1. The van der Waals surface area contributed by atoms with Crippen LogP contribution in [0.4, 0.5) is 0 Å². The molecule has 3 heteroatoms. The van der Waals surface area contributed by atoms with Crippen molar-refractivity contribution in [2.45, 2.75) is 26.0 Å². The quantitative estimate of drug-likeness (QED) is 0.683. The molecule has 0 heterocycles. The lowest BCUT2D eigenvalue weighted by Crippen LogP contribution is -2.33. The summed E-state index contributed by atoms with van der Waals surface area (Å²) in [5.74, 6) is 0.265. The molecule has 0 radical (unpaired) electrons. The number of aromatic hydroxyl groups is 1. The van der Waals surface area contributed by atoms with E-state index in [1.54, 1.807) is 24.3 Å². The summed E-state index contributed by atoms with van der Waals surface area (Å²) in [6.07, 6.45) is -0.809. The maximum absolute atomic E-state index is 9.86. The highest BCUT2D eigenvalue weighted by molar-refractivity contribution is 5.34. The molecule has 0 aliphatic carbocycles. The Morgan fingerprint density at radius 2 is 1.79 bits per heavy atom. The van der Waals surface area contributed by atoms with Gasteiger partial charge in [0.15, 0.2) is 0 Å². The number of phenolic OH excluding ortho intramolecular Hbond substituents is 1. The number of nitrogens with two attached hydrogens (primary N) is 1. The van der Waals surface area contributed by atoms with E-state index in [9.17, 15) is 10.2 Å². The predicted molar refractivity (Wildman–Crippen MR) is 55.9 cm³/mol. The zero-order valence-corrected chi connectivity index (χ0v) is 8.51. The highest BCUT2D eigenvalue weighted by Gasteiger charge is 2.21. The molecule has 1 aromatic rings. The fourth-order valence-corrected chi connectivity index (χ4v) is 1.31. The van der Waals surface area contributed by atoms with E-state index >= 15 is 0 Å². The van der Waals surface area contributed by atoms with Gasteiger partial charge >= 0.3 is 0 Å². The molecule has 1 aromatic carbocycles. The topological polar surface area (TPSA) is 66.5 Å². The van der Waals surface area contributed by atoms with E-state index in [0.29, 0.717) is 5.56 Å². The number of rotatable bonds is 3. The molecule has 1 rings (SSSR count). The Balaban J connectivity index is 2.89. The van der Waals surface area contributed by atoms with E-state index in [1.807, 2.05) is 13.8 Å². The van der Waals surface area contributed by atoms with Crippen molar-refractivity contribution in [3.8, 4) is 5.75 Å². The molecular formula is C11H17NO2. The average molecular weight is 195 g/mol. The normalized spacial score (nSPS) is 15.5. The minimum absolute atomic E-state index is 0.0936. The molecule has 3 nitrogen and oxygen atoms in total. The maximum Gasteiger partial charge on any atom is 0.121 e. The van der Waals surface area contributed by atoms with Crippen LogP contribution in [0.25, 0.3) is 0 Å². The number of benzene rings is 1. The van der Waals surface area contributed by atoms with Crippen LogP contribution in [-0.2, 0) is 0 Å². The van der Waals surface area contributed by atoms with Gasteiger partial charge in [0.05, 0.1) is 6.10 Å². The molecule has 0 aromatic heterocycles. The summed E-state index contributed by atoms with van der Waals surface area (Å²) in [5, 5.41) is 19.4. The number of hydrogen-bond donors (Lipinski definition) is 3. The van der Waals surface area contributed by atoms with Crippen LogP contribution >= 0.6 is 0 Å². The van der Waals surface area contributed by atoms with Crippen molar-refractivity contribution in [3.63, 3.8) is 0 Å². The Hall–Kier alpha value is -1.06. The van der Waals surface area contributed by atoms with Crippen molar-refractivity contribution in [1.82, 2.24) is 0 Å². The fourth-order valence-electron chi connectivity index (χ4n) is 1.31. The summed E-state index contributed by atoms with van der Waals surface area (Å²) in [5.41, 5.74) is 6.29. The largest absolute Gasteiger partial charge is 0.508 e. The SMILES string of the molecule is CC(C)[C@@H](N)[C@H](O)c1ccccc1O. The second-order valence-electron chi connectivity index (χ2n) is 3.83. The standard InChI is InChI=1S/C11H17NO2/c1-7(2)10(12)11(14)8-5-3-4-6-9(8)13/h3-7,10-11,13-14H,12H2,1-2H3/t10-,11-/m1/s1. The zero-order valence-electron chi connectivity index (χ0n) is 8.51. The van der Waals surface area contributed by atoms with Gasteiger partial charge in [-0.1, -0.05) is 32.0 Å². The van der Waals surface area contributed by atoms with Crippen molar-refractivity contribution >= 4 is 0 Å². The summed E-state index contributed by atoms with van der Waals surface area (Å²) >= 11 is 0. The predicted octanol–water partition coefficient (Wildman–Crippen LogP) is 1.41. The van der Waals surface area contributed by atoms with Crippen molar-refractivity contribution in [2.75, 3.05) is 0 Å². The molecule has 0 unspecified atom stereocenters. The lowest BCUT2D eigenvalue weighted by atomic mass is 9.94. The third kappa shape index (κ3) is 2.25. The minimum Gasteiger partial charge on any atom is -0.508 e. The Morgan fingerprint density at radius 1 is 1.21 bits per heavy atom. The second kappa shape index (κ2) is 4.44. The van der Waals surface area contributed by atoms with Gasteiger partial charge in [0.2, 0.25) is 0 Å². The smallest absolute Gasteiger partial charge is 0.121 e. The van der Waals surface area contributed by atoms with E-state index in [-0.39, 0.29) is 17.7 Å². The summed E-state index contributed by atoms with van der Waals surface area (Å²) in [6.45, 7) is 3.88. The van der Waals surface area contributed by atoms with Gasteiger partial charge < -0.3 is 15.9 Å². The Bertz CT molecular complexity index is 299. The van der Waals surface area contributed by atoms with Crippen molar-refractivity contribution in [3.05, 3.63) is 29.8 Å². The van der Waals surface area contributed by atoms with E-state index in [0.717, 1.165) is 0 Å². The van der Waals surface area contributed by atoms with E-state index in [4.69, 9.17) is 5.73 Å². The molecule has 78 valence electrons. The van der Waals surface area contributed by atoms with Crippen molar-refractivity contribution in [1.29, 1.82) is 0 Å². The zero-order chi connectivity index (χ0) is 10.7. The summed E-state index contributed by atoms with van der Waals surface area (Å²) in [7, 11) is 0. The molecule has 0 saturated carbocycles. The number of aliphatic hydroxyl groups is 1. The van der Waals surface area contributed by atoms with Crippen LogP contribution in [0, 0.1) is 5.92 Å².